The van der Waals surface area contributed by atoms with Crippen LogP contribution in [0.15, 0.2) is 23.2 Å². The number of rotatable bonds is 9. The highest BCUT2D eigenvalue weighted by atomic mass is 16.7. The van der Waals surface area contributed by atoms with E-state index in [2.05, 4.69) is 60.5 Å². The monoisotopic (exact) mass is 348 g/mol. The first-order valence-corrected chi connectivity index (χ1v) is 9.25. The van der Waals surface area contributed by atoms with Gasteiger partial charge in [0.1, 0.15) is 0 Å². The summed E-state index contributed by atoms with van der Waals surface area (Å²) in [5.74, 6) is 2.55. The molecule has 1 aliphatic rings. The molecule has 0 aromatic heterocycles. The molecule has 2 N–H and O–H groups in total. The predicted octanol–water partition coefficient (Wildman–Crippen LogP) is 2.24. The first kappa shape index (κ1) is 19.4. The molecule has 0 bridgehead atoms. The molecule has 0 radical (unpaired) electrons. The van der Waals surface area contributed by atoms with Gasteiger partial charge in [0.25, 0.3) is 0 Å². The Labute approximate surface area is 151 Å². The fourth-order valence-electron chi connectivity index (χ4n) is 2.62. The molecule has 1 aromatic carbocycles. The SMILES string of the molecule is CCNC(=NCCN(C)C(C)CC)NCCc1ccc2c(c1)OCO2. The predicted molar refractivity (Wildman–Crippen MR) is 103 cm³/mol. The molecule has 0 spiro atoms. The maximum absolute atomic E-state index is 5.43. The van der Waals surface area contributed by atoms with E-state index in [9.17, 15) is 0 Å². The van der Waals surface area contributed by atoms with E-state index in [1.165, 1.54) is 5.56 Å². The number of guanidine groups is 1. The number of likely N-dealkylation sites (N-methyl/N-ethyl adjacent to an activating group) is 1. The van der Waals surface area contributed by atoms with Gasteiger partial charge >= 0.3 is 0 Å². The zero-order chi connectivity index (χ0) is 18.1. The van der Waals surface area contributed by atoms with Crippen LogP contribution < -0.4 is 20.1 Å². The van der Waals surface area contributed by atoms with Crippen molar-refractivity contribution in [1.82, 2.24) is 15.5 Å². The van der Waals surface area contributed by atoms with Gasteiger partial charge < -0.3 is 25.0 Å². The molecule has 1 aliphatic heterocycles. The van der Waals surface area contributed by atoms with Crippen LogP contribution in [0.3, 0.4) is 0 Å². The zero-order valence-corrected chi connectivity index (χ0v) is 16.0. The van der Waals surface area contributed by atoms with E-state index in [0.717, 1.165) is 56.5 Å². The zero-order valence-electron chi connectivity index (χ0n) is 16.0. The molecular formula is C19H32N4O2. The molecule has 1 atom stereocenters. The molecule has 0 saturated carbocycles. The van der Waals surface area contributed by atoms with Crippen molar-refractivity contribution >= 4 is 5.96 Å². The third-order valence-electron chi connectivity index (χ3n) is 4.55. The summed E-state index contributed by atoms with van der Waals surface area (Å²) in [6, 6.07) is 6.70. The topological polar surface area (TPSA) is 58.1 Å². The van der Waals surface area contributed by atoms with Gasteiger partial charge in [-0.2, -0.15) is 0 Å². The Morgan fingerprint density at radius 2 is 2.04 bits per heavy atom. The molecule has 0 saturated heterocycles. The van der Waals surface area contributed by atoms with E-state index in [4.69, 9.17) is 9.47 Å². The number of nitrogens with one attached hydrogen (secondary N) is 2. The largest absolute Gasteiger partial charge is 0.454 e. The molecular weight excluding hydrogens is 316 g/mol. The molecule has 1 heterocycles. The van der Waals surface area contributed by atoms with Crippen molar-refractivity contribution in [1.29, 1.82) is 0 Å². The lowest BCUT2D eigenvalue weighted by Gasteiger charge is -2.22. The average Bonchev–Trinajstić information content (AvgIpc) is 3.08. The highest BCUT2D eigenvalue weighted by Crippen LogP contribution is 2.32. The number of nitrogens with zero attached hydrogens (tertiary/aromatic N) is 2. The Bertz CT molecular complexity index is 562. The fourth-order valence-corrected chi connectivity index (χ4v) is 2.62. The summed E-state index contributed by atoms with van der Waals surface area (Å²) in [5, 5.41) is 6.71. The Morgan fingerprint density at radius 1 is 1.24 bits per heavy atom. The first-order chi connectivity index (χ1) is 12.1. The lowest BCUT2D eigenvalue weighted by molar-refractivity contribution is 0.174. The minimum absolute atomic E-state index is 0.319. The van der Waals surface area contributed by atoms with Crippen LogP contribution in [0.1, 0.15) is 32.8 Å². The van der Waals surface area contributed by atoms with Crippen LogP contribution in [0.4, 0.5) is 0 Å². The Hall–Kier alpha value is -1.95. The highest BCUT2D eigenvalue weighted by molar-refractivity contribution is 5.79. The molecule has 0 amide bonds. The van der Waals surface area contributed by atoms with Crippen molar-refractivity contribution in [3.8, 4) is 11.5 Å². The van der Waals surface area contributed by atoms with Crippen molar-refractivity contribution in [2.45, 2.75) is 39.7 Å². The summed E-state index contributed by atoms with van der Waals surface area (Å²) < 4.78 is 10.8. The number of hydrogen-bond donors (Lipinski definition) is 2. The van der Waals surface area contributed by atoms with E-state index in [1.807, 2.05) is 6.07 Å². The van der Waals surface area contributed by atoms with Gasteiger partial charge in [-0.25, -0.2) is 0 Å². The summed E-state index contributed by atoms with van der Waals surface area (Å²) >= 11 is 0. The number of hydrogen-bond acceptors (Lipinski definition) is 4. The molecule has 2 rings (SSSR count). The van der Waals surface area contributed by atoms with Crippen molar-refractivity contribution in [3.63, 3.8) is 0 Å². The molecule has 6 heteroatoms. The third kappa shape index (κ3) is 6.12. The van der Waals surface area contributed by atoms with Crippen LogP contribution in [-0.2, 0) is 6.42 Å². The van der Waals surface area contributed by atoms with Crippen LogP contribution in [-0.4, -0.2) is 56.9 Å². The third-order valence-corrected chi connectivity index (χ3v) is 4.55. The lowest BCUT2D eigenvalue weighted by atomic mass is 10.1. The fraction of sp³-hybridized carbons (Fsp3) is 0.632. The van der Waals surface area contributed by atoms with Crippen molar-refractivity contribution in [3.05, 3.63) is 23.8 Å². The van der Waals surface area contributed by atoms with Gasteiger partial charge in [0.2, 0.25) is 6.79 Å². The molecule has 0 aliphatic carbocycles. The summed E-state index contributed by atoms with van der Waals surface area (Å²) in [4.78, 5) is 7.01. The lowest BCUT2D eigenvalue weighted by Crippen LogP contribution is -2.39. The van der Waals surface area contributed by atoms with Crippen LogP contribution in [0.2, 0.25) is 0 Å². The van der Waals surface area contributed by atoms with E-state index in [0.29, 0.717) is 12.8 Å². The quantitative estimate of drug-likeness (QED) is 0.529. The molecule has 6 nitrogen and oxygen atoms in total. The van der Waals surface area contributed by atoms with E-state index >= 15 is 0 Å². The Morgan fingerprint density at radius 3 is 2.80 bits per heavy atom. The van der Waals surface area contributed by atoms with Crippen LogP contribution in [0, 0.1) is 0 Å². The maximum atomic E-state index is 5.43. The van der Waals surface area contributed by atoms with Crippen LogP contribution in [0.5, 0.6) is 11.5 Å². The number of aliphatic imine (C=N–C) groups is 1. The summed E-state index contributed by atoms with van der Waals surface area (Å²) in [5.41, 5.74) is 1.23. The summed E-state index contributed by atoms with van der Waals surface area (Å²) in [6.07, 6.45) is 2.07. The second-order valence-corrected chi connectivity index (χ2v) is 6.36. The minimum Gasteiger partial charge on any atom is -0.454 e. The van der Waals surface area contributed by atoms with Crippen molar-refractivity contribution in [2.24, 2.45) is 4.99 Å². The van der Waals surface area contributed by atoms with Crippen molar-refractivity contribution in [2.75, 3.05) is 40.0 Å². The van der Waals surface area contributed by atoms with E-state index in [1.54, 1.807) is 0 Å². The first-order valence-electron chi connectivity index (χ1n) is 9.25. The summed E-state index contributed by atoms with van der Waals surface area (Å²) in [6.45, 7) is 10.3. The molecule has 1 unspecified atom stereocenters. The minimum atomic E-state index is 0.319. The highest BCUT2D eigenvalue weighted by Gasteiger charge is 2.13. The second-order valence-electron chi connectivity index (χ2n) is 6.36. The van der Waals surface area contributed by atoms with Crippen molar-refractivity contribution < 1.29 is 9.47 Å². The molecule has 140 valence electrons. The average molecular weight is 348 g/mol. The van der Waals surface area contributed by atoms with Gasteiger partial charge in [0, 0.05) is 25.7 Å². The summed E-state index contributed by atoms with van der Waals surface area (Å²) in [7, 11) is 2.16. The smallest absolute Gasteiger partial charge is 0.231 e. The van der Waals surface area contributed by atoms with Crippen LogP contribution >= 0.6 is 0 Å². The van der Waals surface area contributed by atoms with E-state index in [-0.39, 0.29) is 0 Å². The van der Waals surface area contributed by atoms with Gasteiger partial charge in [-0.1, -0.05) is 13.0 Å². The number of benzene rings is 1. The number of ether oxygens (including phenoxy) is 2. The maximum Gasteiger partial charge on any atom is 0.231 e. The Kier molecular flexibility index (Phi) is 7.85. The normalized spacial score (nSPS) is 14.7. The van der Waals surface area contributed by atoms with Gasteiger partial charge in [0.05, 0.1) is 6.54 Å². The van der Waals surface area contributed by atoms with Gasteiger partial charge in [-0.05, 0) is 51.4 Å². The van der Waals surface area contributed by atoms with Gasteiger partial charge in [0.15, 0.2) is 17.5 Å². The van der Waals surface area contributed by atoms with Gasteiger partial charge in [-0.3, -0.25) is 4.99 Å². The Balaban J connectivity index is 1.77. The molecule has 0 fully saturated rings. The van der Waals surface area contributed by atoms with E-state index < -0.39 is 0 Å². The standard InChI is InChI=1S/C19H32N4O2/c1-5-15(3)23(4)12-11-22-19(20-6-2)21-10-9-16-7-8-17-18(13-16)25-14-24-17/h7-8,13,15H,5-6,9-12,14H2,1-4H3,(H2,20,21,22). The van der Waals surface area contributed by atoms with Gasteiger partial charge in [-0.15, -0.1) is 0 Å². The molecule has 25 heavy (non-hydrogen) atoms. The second kappa shape index (κ2) is 10.1. The van der Waals surface area contributed by atoms with Crippen LogP contribution in [0.25, 0.3) is 0 Å². The molecule has 1 aromatic rings. The number of fused-ring (bicyclic) bond motifs is 1.